The van der Waals surface area contributed by atoms with Gasteiger partial charge in [-0.2, -0.15) is 0 Å². The molecule has 0 aromatic heterocycles. The summed E-state index contributed by atoms with van der Waals surface area (Å²) in [6, 6.07) is 5.47. The molecule has 0 radical (unpaired) electrons. The van der Waals surface area contributed by atoms with Gasteiger partial charge in [-0.3, -0.25) is 9.59 Å². The van der Waals surface area contributed by atoms with E-state index in [2.05, 4.69) is 64.4 Å². The highest BCUT2D eigenvalue weighted by molar-refractivity contribution is 5.84. The van der Waals surface area contributed by atoms with E-state index in [0.29, 0.717) is 50.8 Å². The second-order valence-corrected chi connectivity index (χ2v) is 11.0. The maximum Gasteiger partial charge on any atom is 0.239 e. The first-order valence-electron chi connectivity index (χ1n) is 15.7. The van der Waals surface area contributed by atoms with Crippen LogP contribution in [0, 0.1) is 23.6 Å². The Morgan fingerprint density at radius 3 is 2.05 bits per heavy atom. The molecule has 0 spiro atoms. The van der Waals surface area contributed by atoms with E-state index in [4.69, 9.17) is 4.74 Å². The van der Waals surface area contributed by atoms with Crippen molar-refractivity contribution < 1.29 is 18.7 Å². The molecular weight excluding hydrogens is 505 g/mol. The van der Waals surface area contributed by atoms with Gasteiger partial charge in [-0.15, -0.1) is 0 Å². The van der Waals surface area contributed by atoms with Crippen molar-refractivity contribution in [3.05, 3.63) is 29.6 Å². The van der Waals surface area contributed by atoms with Gasteiger partial charge in [-0.25, -0.2) is 4.39 Å². The fraction of sp³-hybridized carbons (Fsp3) is 0.758. The van der Waals surface area contributed by atoms with Gasteiger partial charge in [0.2, 0.25) is 11.8 Å². The molecule has 3 N–H and O–H groups in total. The summed E-state index contributed by atoms with van der Waals surface area (Å²) in [6.07, 6.45) is 6.61. The van der Waals surface area contributed by atoms with Crippen LogP contribution in [0.3, 0.4) is 0 Å². The maximum atomic E-state index is 14.2. The van der Waals surface area contributed by atoms with Crippen molar-refractivity contribution >= 4 is 11.8 Å². The summed E-state index contributed by atoms with van der Waals surface area (Å²) in [6.45, 7) is 22.6. The van der Waals surface area contributed by atoms with Crippen molar-refractivity contribution in [3.63, 3.8) is 0 Å². The third kappa shape index (κ3) is 22.6. The fourth-order valence-corrected chi connectivity index (χ4v) is 3.33. The number of amides is 2. The molecule has 234 valence electrons. The zero-order valence-corrected chi connectivity index (χ0v) is 27.4. The largest absolute Gasteiger partial charge is 0.489 e. The SMILES string of the molecule is CC.CC(C)C.CCC(=O)NCC(=O)NCCCc1cccc(F)c1OCCNC(CC)C1CC1.CCC(C)C. The molecular formula is C33H62FN3O3. The third-order valence-corrected chi connectivity index (χ3v) is 5.96. The molecule has 1 saturated carbocycles. The molecule has 1 aromatic rings. The summed E-state index contributed by atoms with van der Waals surface area (Å²) < 4.78 is 20.0. The molecule has 1 aliphatic carbocycles. The third-order valence-electron chi connectivity index (χ3n) is 5.96. The molecule has 1 aliphatic rings. The fourth-order valence-electron chi connectivity index (χ4n) is 3.33. The molecule has 1 fully saturated rings. The number of hydrogen-bond donors (Lipinski definition) is 3. The van der Waals surface area contributed by atoms with E-state index >= 15 is 0 Å². The zero-order chi connectivity index (χ0) is 30.9. The molecule has 6 nitrogen and oxygen atoms in total. The van der Waals surface area contributed by atoms with Gasteiger partial charge < -0.3 is 20.7 Å². The van der Waals surface area contributed by atoms with Crippen molar-refractivity contribution in [2.75, 3.05) is 26.2 Å². The lowest BCUT2D eigenvalue weighted by Crippen LogP contribution is -2.37. The Morgan fingerprint density at radius 1 is 0.950 bits per heavy atom. The van der Waals surface area contributed by atoms with E-state index in [0.717, 1.165) is 29.7 Å². The number of halogens is 1. The van der Waals surface area contributed by atoms with Crippen LogP contribution in [-0.2, 0) is 16.0 Å². The summed E-state index contributed by atoms with van der Waals surface area (Å²) in [5, 5.41) is 8.79. The Labute approximate surface area is 246 Å². The number of carbonyl (C=O) groups excluding carboxylic acids is 2. The van der Waals surface area contributed by atoms with Crippen molar-refractivity contribution in [1.29, 1.82) is 0 Å². The quantitative estimate of drug-likeness (QED) is 0.194. The molecule has 1 atom stereocenters. The predicted molar refractivity (Wildman–Crippen MR) is 168 cm³/mol. The van der Waals surface area contributed by atoms with E-state index in [1.54, 1.807) is 13.0 Å². The Balaban J connectivity index is 0. The average molecular weight is 568 g/mol. The highest BCUT2D eigenvalue weighted by atomic mass is 19.1. The number of ether oxygens (including phenoxy) is 1. The Morgan fingerprint density at radius 2 is 1.55 bits per heavy atom. The first-order valence-corrected chi connectivity index (χ1v) is 15.7. The Kier molecular flexibility index (Phi) is 25.8. The second-order valence-electron chi connectivity index (χ2n) is 11.0. The van der Waals surface area contributed by atoms with Crippen molar-refractivity contribution in [2.45, 2.75) is 120 Å². The monoisotopic (exact) mass is 567 g/mol. The van der Waals surface area contributed by atoms with Crippen LogP contribution in [-0.4, -0.2) is 44.1 Å². The number of nitrogens with one attached hydrogen (secondary N) is 3. The van der Waals surface area contributed by atoms with E-state index in [-0.39, 0.29) is 24.2 Å². The van der Waals surface area contributed by atoms with Crippen LogP contribution in [0.15, 0.2) is 18.2 Å². The molecule has 1 aromatic carbocycles. The topological polar surface area (TPSA) is 79.5 Å². The smallest absolute Gasteiger partial charge is 0.239 e. The summed E-state index contributed by atoms with van der Waals surface area (Å²) in [7, 11) is 0. The number of rotatable bonds is 15. The maximum absolute atomic E-state index is 14.2. The van der Waals surface area contributed by atoms with Crippen LogP contribution >= 0.6 is 0 Å². The summed E-state index contributed by atoms with van der Waals surface area (Å²) in [4.78, 5) is 22.8. The van der Waals surface area contributed by atoms with Gasteiger partial charge in [-0.1, -0.05) is 87.8 Å². The molecule has 2 rings (SSSR count). The van der Waals surface area contributed by atoms with Crippen LogP contribution in [0.1, 0.15) is 113 Å². The molecule has 0 bridgehead atoms. The first kappa shape index (κ1) is 40.0. The minimum absolute atomic E-state index is 0.0202. The van der Waals surface area contributed by atoms with Gasteiger partial charge in [0, 0.05) is 25.6 Å². The van der Waals surface area contributed by atoms with Gasteiger partial charge in [0.1, 0.15) is 6.61 Å². The van der Waals surface area contributed by atoms with E-state index in [1.165, 1.54) is 25.3 Å². The van der Waals surface area contributed by atoms with Crippen LogP contribution in [0.25, 0.3) is 0 Å². The van der Waals surface area contributed by atoms with E-state index in [9.17, 15) is 14.0 Å². The van der Waals surface area contributed by atoms with Crippen molar-refractivity contribution in [2.24, 2.45) is 17.8 Å². The molecule has 0 heterocycles. The summed E-state index contributed by atoms with van der Waals surface area (Å²) in [5.74, 6) is 2.07. The number of carbonyl (C=O) groups is 2. The van der Waals surface area contributed by atoms with Crippen LogP contribution in [0.4, 0.5) is 4.39 Å². The zero-order valence-electron chi connectivity index (χ0n) is 27.4. The van der Waals surface area contributed by atoms with Gasteiger partial charge in [-0.05, 0) is 61.5 Å². The Bertz CT molecular complexity index is 765. The number of para-hydroxylation sites is 1. The minimum atomic E-state index is -0.358. The van der Waals surface area contributed by atoms with Crippen LogP contribution in [0.5, 0.6) is 5.75 Å². The van der Waals surface area contributed by atoms with Crippen molar-refractivity contribution in [3.8, 4) is 5.75 Å². The standard InChI is InChI=1S/C22H34FN3O3.C5H12.C4H10.C2H6/c1-3-19(16-10-11-16)24-13-14-29-22-17(7-5-9-18(22)23)8-6-12-25-21(28)15-26-20(27)4-2;1-4-5(2)3;1-4(2)3;1-2/h5,7,9,16,19,24H,3-4,6,8,10-15H2,1-2H3,(H,25,28)(H,26,27);5H,4H2,1-3H3;4H,1-3H3;1-2H3. The van der Waals surface area contributed by atoms with Crippen LogP contribution < -0.4 is 20.7 Å². The molecule has 7 heteroatoms. The molecule has 40 heavy (non-hydrogen) atoms. The van der Waals surface area contributed by atoms with Gasteiger partial charge in [0.05, 0.1) is 6.54 Å². The average Bonchev–Trinajstić information content (AvgIpc) is 3.77. The lowest BCUT2D eigenvalue weighted by atomic mass is 10.1. The predicted octanol–water partition coefficient (Wildman–Crippen LogP) is 7.30. The van der Waals surface area contributed by atoms with Gasteiger partial charge in [0.15, 0.2) is 11.6 Å². The summed E-state index contributed by atoms with van der Waals surface area (Å²) in [5.41, 5.74) is 0.799. The lowest BCUT2D eigenvalue weighted by molar-refractivity contribution is -0.125. The van der Waals surface area contributed by atoms with Gasteiger partial charge >= 0.3 is 0 Å². The highest BCUT2D eigenvalue weighted by Crippen LogP contribution is 2.33. The van der Waals surface area contributed by atoms with Crippen molar-refractivity contribution in [1.82, 2.24) is 16.0 Å². The molecule has 0 aliphatic heterocycles. The molecule has 1 unspecified atom stereocenters. The van der Waals surface area contributed by atoms with E-state index < -0.39 is 0 Å². The number of hydrogen-bond acceptors (Lipinski definition) is 4. The minimum Gasteiger partial charge on any atom is -0.489 e. The summed E-state index contributed by atoms with van der Waals surface area (Å²) >= 11 is 0. The lowest BCUT2D eigenvalue weighted by Gasteiger charge is -2.17. The second kappa shape index (κ2) is 25.8. The molecule has 2 amide bonds. The number of benzene rings is 1. The van der Waals surface area contributed by atoms with E-state index in [1.807, 2.05) is 19.9 Å². The van der Waals surface area contributed by atoms with Gasteiger partial charge in [0.25, 0.3) is 0 Å². The molecule has 0 saturated heterocycles. The number of aryl methyl sites for hydroxylation is 1. The Hall–Kier alpha value is -2.15. The normalized spacial score (nSPS) is 12.6. The first-order chi connectivity index (χ1) is 19.0. The highest BCUT2D eigenvalue weighted by Gasteiger charge is 2.29. The van der Waals surface area contributed by atoms with Crippen LogP contribution in [0.2, 0.25) is 0 Å².